The van der Waals surface area contributed by atoms with Crippen LogP contribution >= 0.6 is 11.6 Å². The average Bonchev–Trinajstić information content (AvgIpc) is 2.51. The Morgan fingerprint density at radius 3 is 3.00 bits per heavy atom. The van der Waals surface area contributed by atoms with E-state index in [2.05, 4.69) is 0 Å². The first-order valence-corrected chi connectivity index (χ1v) is 5.70. The molecule has 2 atom stereocenters. The smallest absolute Gasteiger partial charge is 0.350 e. The van der Waals surface area contributed by atoms with Crippen LogP contribution in [-0.4, -0.2) is 23.8 Å². The monoisotopic (exact) mass is 256 g/mol. The summed E-state index contributed by atoms with van der Waals surface area (Å²) in [6.45, 7) is 3.45. The van der Waals surface area contributed by atoms with Crippen molar-refractivity contribution in [1.29, 1.82) is 0 Å². The molecule has 1 heterocycles. The van der Waals surface area contributed by atoms with Crippen molar-refractivity contribution in [3.63, 3.8) is 0 Å². The lowest BCUT2D eigenvalue weighted by Gasteiger charge is -2.22. The van der Waals surface area contributed by atoms with Gasteiger partial charge in [-0.05, 0) is 32.0 Å². The predicted octanol–water partition coefficient (Wildman–Crippen LogP) is 1.87. The Labute approximate surface area is 104 Å². The molecule has 1 aromatic carbocycles. The number of rotatable bonds is 2. The molecule has 0 fully saturated rings. The molecule has 0 saturated heterocycles. The third-order valence-corrected chi connectivity index (χ3v) is 2.98. The summed E-state index contributed by atoms with van der Waals surface area (Å²) in [7, 11) is 0. The molecule has 0 unspecified atom stereocenters. The SMILES string of the molecule is CCOC(=O)[C@H]1Oc2ccc(Cl)cc2[C@@]1(C)O. The Morgan fingerprint density at radius 2 is 2.35 bits per heavy atom. The molecule has 0 aliphatic carbocycles. The van der Waals surface area contributed by atoms with Crippen LogP contribution in [0.3, 0.4) is 0 Å². The maximum absolute atomic E-state index is 11.7. The van der Waals surface area contributed by atoms with Crippen molar-refractivity contribution in [2.24, 2.45) is 0 Å². The van der Waals surface area contributed by atoms with Crippen LogP contribution in [0.1, 0.15) is 19.4 Å². The Hall–Kier alpha value is -1.26. The van der Waals surface area contributed by atoms with E-state index in [1.54, 1.807) is 25.1 Å². The Morgan fingerprint density at radius 1 is 1.65 bits per heavy atom. The first-order chi connectivity index (χ1) is 7.96. The first-order valence-electron chi connectivity index (χ1n) is 5.32. The predicted molar refractivity (Wildman–Crippen MR) is 62.1 cm³/mol. The number of hydrogen-bond donors (Lipinski definition) is 1. The van der Waals surface area contributed by atoms with E-state index in [1.165, 1.54) is 6.92 Å². The molecule has 2 rings (SSSR count). The summed E-state index contributed by atoms with van der Waals surface area (Å²) in [5.41, 5.74) is -0.921. The summed E-state index contributed by atoms with van der Waals surface area (Å²) in [5.74, 6) is -0.123. The van der Waals surface area contributed by atoms with Crippen LogP contribution in [0.2, 0.25) is 5.02 Å². The van der Waals surface area contributed by atoms with Gasteiger partial charge < -0.3 is 14.6 Å². The van der Waals surface area contributed by atoms with Crippen molar-refractivity contribution in [3.05, 3.63) is 28.8 Å². The highest BCUT2D eigenvalue weighted by Crippen LogP contribution is 2.42. The molecule has 0 amide bonds. The topological polar surface area (TPSA) is 55.8 Å². The van der Waals surface area contributed by atoms with Gasteiger partial charge in [0.05, 0.1) is 6.61 Å². The van der Waals surface area contributed by atoms with E-state index in [4.69, 9.17) is 21.1 Å². The van der Waals surface area contributed by atoms with Crippen LogP contribution in [0.5, 0.6) is 5.75 Å². The molecule has 1 N–H and O–H groups in total. The standard InChI is InChI=1S/C12H13ClO4/c1-3-16-11(14)10-12(2,15)8-6-7(13)4-5-9(8)17-10/h4-6,10,15H,3H2,1-2H3/t10-,12-/m1/s1. The molecular weight excluding hydrogens is 244 g/mol. The lowest BCUT2D eigenvalue weighted by molar-refractivity contribution is -0.161. The zero-order valence-electron chi connectivity index (χ0n) is 9.57. The molecular formula is C12H13ClO4. The Bertz CT molecular complexity index is 456. The summed E-state index contributed by atoms with van der Waals surface area (Å²) in [6, 6.07) is 4.87. The second-order valence-electron chi connectivity index (χ2n) is 4.04. The maximum atomic E-state index is 11.7. The number of benzene rings is 1. The number of halogens is 1. The van der Waals surface area contributed by atoms with Gasteiger partial charge in [-0.3, -0.25) is 0 Å². The van der Waals surface area contributed by atoms with Gasteiger partial charge in [0.2, 0.25) is 6.10 Å². The van der Waals surface area contributed by atoms with Gasteiger partial charge in [-0.2, -0.15) is 0 Å². The number of carbonyl (C=O) groups excluding carboxylic acids is 1. The minimum absolute atomic E-state index is 0.242. The number of esters is 1. The highest BCUT2D eigenvalue weighted by Gasteiger charge is 2.49. The molecule has 0 bridgehead atoms. The van der Waals surface area contributed by atoms with E-state index in [0.717, 1.165) is 0 Å². The minimum Gasteiger partial charge on any atom is -0.475 e. The van der Waals surface area contributed by atoms with E-state index in [-0.39, 0.29) is 6.61 Å². The molecule has 5 heteroatoms. The van der Waals surface area contributed by atoms with Crippen LogP contribution in [0.15, 0.2) is 18.2 Å². The fourth-order valence-electron chi connectivity index (χ4n) is 1.88. The molecule has 0 radical (unpaired) electrons. The fraction of sp³-hybridized carbons (Fsp3) is 0.417. The zero-order valence-corrected chi connectivity index (χ0v) is 10.3. The molecule has 92 valence electrons. The number of hydrogen-bond acceptors (Lipinski definition) is 4. The van der Waals surface area contributed by atoms with Gasteiger partial charge in [0.1, 0.15) is 11.4 Å². The molecule has 0 saturated carbocycles. The number of carbonyl (C=O) groups is 1. The Balaban J connectivity index is 2.36. The summed E-state index contributed by atoms with van der Waals surface area (Å²) in [5, 5.41) is 10.8. The van der Waals surface area contributed by atoms with Gasteiger partial charge in [0.25, 0.3) is 0 Å². The van der Waals surface area contributed by atoms with Gasteiger partial charge >= 0.3 is 5.97 Å². The zero-order chi connectivity index (χ0) is 12.6. The quantitative estimate of drug-likeness (QED) is 0.821. The van der Waals surface area contributed by atoms with Crippen LogP contribution < -0.4 is 4.74 Å². The number of fused-ring (bicyclic) bond motifs is 1. The van der Waals surface area contributed by atoms with Gasteiger partial charge in [0.15, 0.2) is 0 Å². The average molecular weight is 257 g/mol. The van der Waals surface area contributed by atoms with E-state index in [0.29, 0.717) is 16.3 Å². The lowest BCUT2D eigenvalue weighted by Crippen LogP contribution is -2.42. The molecule has 1 aliphatic heterocycles. The normalized spacial score (nSPS) is 26.2. The summed E-state index contributed by atoms with van der Waals surface area (Å²) >= 11 is 5.86. The molecule has 0 aromatic heterocycles. The van der Waals surface area contributed by atoms with Crippen LogP contribution in [0.4, 0.5) is 0 Å². The van der Waals surface area contributed by atoms with E-state index < -0.39 is 17.7 Å². The molecule has 1 aromatic rings. The lowest BCUT2D eigenvalue weighted by atomic mass is 9.92. The highest BCUT2D eigenvalue weighted by atomic mass is 35.5. The first kappa shape index (κ1) is 12.2. The van der Waals surface area contributed by atoms with Crippen molar-refractivity contribution >= 4 is 17.6 Å². The third-order valence-electron chi connectivity index (χ3n) is 2.74. The third kappa shape index (κ3) is 1.98. The van der Waals surface area contributed by atoms with Crippen molar-refractivity contribution < 1.29 is 19.4 Å². The second-order valence-corrected chi connectivity index (χ2v) is 4.47. The van der Waals surface area contributed by atoms with E-state index >= 15 is 0 Å². The molecule has 1 aliphatic rings. The van der Waals surface area contributed by atoms with Crippen molar-refractivity contribution in [2.75, 3.05) is 6.61 Å². The van der Waals surface area contributed by atoms with Gasteiger partial charge in [-0.1, -0.05) is 11.6 Å². The molecule has 17 heavy (non-hydrogen) atoms. The highest BCUT2D eigenvalue weighted by molar-refractivity contribution is 6.30. The number of aliphatic hydroxyl groups is 1. The largest absolute Gasteiger partial charge is 0.475 e. The summed E-state index contributed by atoms with van der Waals surface area (Å²) in [4.78, 5) is 11.7. The molecule has 0 spiro atoms. The van der Waals surface area contributed by atoms with E-state index in [9.17, 15) is 9.90 Å². The van der Waals surface area contributed by atoms with E-state index in [1.807, 2.05) is 0 Å². The van der Waals surface area contributed by atoms with Crippen molar-refractivity contribution in [1.82, 2.24) is 0 Å². The van der Waals surface area contributed by atoms with Gasteiger partial charge in [-0.15, -0.1) is 0 Å². The second kappa shape index (κ2) is 4.20. The van der Waals surface area contributed by atoms with Crippen molar-refractivity contribution in [2.45, 2.75) is 25.6 Å². The van der Waals surface area contributed by atoms with Crippen molar-refractivity contribution in [3.8, 4) is 5.75 Å². The van der Waals surface area contributed by atoms with Gasteiger partial charge in [-0.25, -0.2) is 4.79 Å². The van der Waals surface area contributed by atoms with Crippen LogP contribution in [-0.2, 0) is 15.1 Å². The maximum Gasteiger partial charge on any atom is 0.350 e. The number of ether oxygens (including phenoxy) is 2. The minimum atomic E-state index is -1.42. The fourth-order valence-corrected chi connectivity index (χ4v) is 2.05. The molecule has 4 nitrogen and oxygen atoms in total. The van der Waals surface area contributed by atoms with Crippen LogP contribution in [0.25, 0.3) is 0 Å². The van der Waals surface area contributed by atoms with Gasteiger partial charge in [0, 0.05) is 10.6 Å². The summed E-state index contributed by atoms with van der Waals surface area (Å²) < 4.78 is 10.3. The summed E-state index contributed by atoms with van der Waals surface area (Å²) in [6.07, 6.45) is -1.05. The Kier molecular flexibility index (Phi) is 3.02. The van der Waals surface area contributed by atoms with Crippen LogP contribution in [0, 0.1) is 0 Å².